The number of nitrogens with zero attached hydrogens (tertiary/aromatic N) is 1. The van der Waals surface area contributed by atoms with Gasteiger partial charge in [-0.15, -0.1) is 0 Å². The Morgan fingerprint density at radius 2 is 2.18 bits per heavy atom. The van der Waals surface area contributed by atoms with E-state index >= 15 is 0 Å². The quantitative estimate of drug-likeness (QED) is 0.604. The SMILES string of the molecule is O=CN(C(=O)O)C1CC(F)C1. The van der Waals surface area contributed by atoms with E-state index in [0.29, 0.717) is 4.90 Å². The van der Waals surface area contributed by atoms with Crippen LogP contribution in [0.2, 0.25) is 0 Å². The van der Waals surface area contributed by atoms with Gasteiger partial charge in [-0.05, 0) is 12.8 Å². The number of alkyl halides is 1. The van der Waals surface area contributed by atoms with Gasteiger partial charge in [0.25, 0.3) is 0 Å². The second kappa shape index (κ2) is 2.86. The van der Waals surface area contributed by atoms with Gasteiger partial charge in [0, 0.05) is 6.04 Å². The van der Waals surface area contributed by atoms with E-state index in [4.69, 9.17) is 5.11 Å². The average molecular weight is 161 g/mol. The number of imide groups is 1. The largest absolute Gasteiger partial charge is 0.465 e. The molecule has 1 aliphatic rings. The van der Waals surface area contributed by atoms with Gasteiger partial charge in [0.2, 0.25) is 6.41 Å². The van der Waals surface area contributed by atoms with Gasteiger partial charge < -0.3 is 5.11 Å². The van der Waals surface area contributed by atoms with Crippen LogP contribution in [0.1, 0.15) is 12.8 Å². The molecule has 0 aliphatic heterocycles. The predicted octanol–water partition coefficient (Wildman–Crippen LogP) is 0.623. The third-order valence-corrected chi connectivity index (χ3v) is 1.78. The van der Waals surface area contributed by atoms with Crippen LogP contribution >= 0.6 is 0 Å². The van der Waals surface area contributed by atoms with E-state index in [-0.39, 0.29) is 19.3 Å². The molecule has 1 rings (SSSR count). The monoisotopic (exact) mass is 161 g/mol. The number of carbonyl (C=O) groups is 2. The molecule has 4 nitrogen and oxygen atoms in total. The summed E-state index contributed by atoms with van der Waals surface area (Å²) in [6, 6.07) is -0.444. The van der Waals surface area contributed by atoms with Gasteiger partial charge in [-0.3, -0.25) is 4.79 Å². The van der Waals surface area contributed by atoms with Crippen LogP contribution in [0.5, 0.6) is 0 Å². The summed E-state index contributed by atoms with van der Waals surface area (Å²) in [5.41, 5.74) is 0. The Labute approximate surface area is 62.6 Å². The number of halogens is 1. The Morgan fingerprint density at radius 3 is 2.45 bits per heavy atom. The van der Waals surface area contributed by atoms with E-state index in [2.05, 4.69) is 0 Å². The van der Waals surface area contributed by atoms with E-state index in [1.807, 2.05) is 0 Å². The molecule has 1 saturated carbocycles. The molecule has 1 aliphatic carbocycles. The fourth-order valence-electron chi connectivity index (χ4n) is 1.04. The lowest BCUT2D eigenvalue weighted by Gasteiger charge is -2.34. The van der Waals surface area contributed by atoms with E-state index in [9.17, 15) is 14.0 Å². The first kappa shape index (κ1) is 7.97. The molecule has 0 unspecified atom stereocenters. The number of carboxylic acid groups (broad SMARTS) is 1. The van der Waals surface area contributed by atoms with Crippen molar-refractivity contribution in [3.63, 3.8) is 0 Å². The highest BCUT2D eigenvalue weighted by Gasteiger charge is 2.36. The second-order valence-corrected chi connectivity index (χ2v) is 2.52. The average Bonchev–Trinajstić information content (AvgIpc) is 1.85. The molecule has 0 atom stereocenters. The van der Waals surface area contributed by atoms with Gasteiger partial charge in [-0.25, -0.2) is 14.1 Å². The Kier molecular flexibility index (Phi) is 2.07. The third kappa shape index (κ3) is 1.47. The van der Waals surface area contributed by atoms with E-state index in [1.165, 1.54) is 0 Å². The van der Waals surface area contributed by atoms with Crippen molar-refractivity contribution >= 4 is 12.5 Å². The van der Waals surface area contributed by atoms with Gasteiger partial charge >= 0.3 is 6.09 Å². The van der Waals surface area contributed by atoms with Crippen molar-refractivity contribution in [1.29, 1.82) is 0 Å². The summed E-state index contributed by atoms with van der Waals surface area (Å²) in [6.07, 6.45) is -1.74. The molecule has 0 spiro atoms. The van der Waals surface area contributed by atoms with Crippen molar-refractivity contribution in [2.75, 3.05) is 0 Å². The van der Waals surface area contributed by atoms with Crippen molar-refractivity contribution in [3.8, 4) is 0 Å². The Bertz CT molecular complexity index is 179. The topological polar surface area (TPSA) is 57.6 Å². The first-order valence-electron chi connectivity index (χ1n) is 3.25. The number of hydrogen-bond acceptors (Lipinski definition) is 2. The summed E-state index contributed by atoms with van der Waals surface area (Å²) in [6.45, 7) is 0. The van der Waals surface area contributed by atoms with Crippen molar-refractivity contribution in [3.05, 3.63) is 0 Å². The molecule has 0 heterocycles. The molecule has 62 valence electrons. The highest BCUT2D eigenvalue weighted by atomic mass is 19.1. The summed E-state index contributed by atoms with van der Waals surface area (Å²) < 4.78 is 12.2. The molecule has 0 aromatic heterocycles. The second-order valence-electron chi connectivity index (χ2n) is 2.52. The molecule has 2 amide bonds. The zero-order chi connectivity index (χ0) is 8.43. The smallest absolute Gasteiger partial charge is 0.414 e. The molecule has 1 fully saturated rings. The van der Waals surface area contributed by atoms with Crippen molar-refractivity contribution in [2.24, 2.45) is 0 Å². The fourth-order valence-corrected chi connectivity index (χ4v) is 1.04. The third-order valence-electron chi connectivity index (χ3n) is 1.78. The lowest BCUT2D eigenvalue weighted by molar-refractivity contribution is -0.120. The minimum atomic E-state index is -1.31. The van der Waals surface area contributed by atoms with E-state index in [0.717, 1.165) is 0 Å². The zero-order valence-electron chi connectivity index (χ0n) is 5.74. The van der Waals surface area contributed by atoms with Gasteiger partial charge in [0.05, 0.1) is 0 Å². The Morgan fingerprint density at radius 1 is 1.64 bits per heavy atom. The molecular weight excluding hydrogens is 153 g/mol. The molecule has 0 saturated heterocycles. The normalized spacial score (nSPS) is 28.8. The highest BCUT2D eigenvalue weighted by molar-refractivity contribution is 5.79. The van der Waals surface area contributed by atoms with Crippen molar-refractivity contribution in [2.45, 2.75) is 25.1 Å². The van der Waals surface area contributed by atoms with E-state index in [1.54, 1.807) is 0 Å². The molecule has 5 heteroatoms. The van der Waals surface area contributed by atoms with Crippen LogP contribution in [0, 0.1) is 0 Å². The summed E-state index contributed by atoms with van der Waals surface area (Å²) in [4.78, 5) is 21.0. The van der Waals surface area contributed by atoms with Crippen LogP contribution in [-0.2, 0) is 4.79 Å². The molecule has 0 aromatic carbocycles. The Balaban J connectivity index is 2.44. The van der Waals surface area contributed by atoms with Crippen molar-refractivity contribution in [1.82, 2.24) is 4.90 Å². The number of rotatable bonds is 2. The zero-order valence-corrected chi connectivity index (χ0v) is 5.74. The van der Waals surface area contributed by atoms with Crippen LogP contribution in [0.25, 0.3) is 0 Å². The van der Waals surface area contributed by atoms with Crippen LogP contribution < -0.4 is 0 Å². The maximum atomic E-state index is 12.2. The maximum absolute atomic E-state index is 12.2. The molecule has 0 bridgehead atoms. The highest BCUT2D eigenvalue weighted by Crippen LogP contribution is 2.27. The maximum Gasteiger partial charge on any atom is 0.414 e. The van der Waals surface area contributed by atoms with Gasteiger partial charge in [-0.1, -0.05) is 0 Å². The summed E-state index contributed by atoms with van der Waals surface area (Å²) in [5.74, 6) is 0. The van der Waals surface area contributed by atoms with Gasteiger partial charge in [0.1, 0.15) is 6.17 Å². The van der Waals surface area contributed by atoms with Crippen LogP contribution in [0.3, 0.4) is 0 Å². The fraction of sp³-hybridized carbons (Fsp3) is 0.667. The lowest BCUT2D eigenvalue weighted by Crippen LogP contribution is -2.47. The first-order chi connectivity index (χ1) is 5.15. The van der Waals surface area contributed by atoms with Crippen LogP contribution in [0.4, 0.5) is 9.18 Å². The van der Waals surface area contributed by atoms with Gasteiger partial charge in [-0.2, -0.15) is 0 Å². The molecule has 0 radical (unpaired) electrons. The number of hydrogen-bond donors (Lipinski definition) is 1. The minimum Gasteiger partial charge on any atom is -0.465 e. The van der Waals surface area contributed by atoms with Crippen molar-refractivity contribution < 1.29 is 19.1 Å². The summed E-state index contributed by atoms with van der Waals surface area (Å²) >= 11 is 0. The summed E-state index contributed by atoms with van der Waals surface area (Å²) in [7, 11) is 0. The Hall–Kier alpha value is -1.13. The van der Waals surface area contributed by atoms with Crippen LogP contribution in [-0.4, -0.2) is 34.7 Å². The molecule has 0 aromatic rings. The molecular formula is C6H8FNO3. The number of amides is 2. The summed E-state index contributed by atoms with van der Waals surface area (Å²) in [5, 5.41) is 8.37. The van der Waals surface area contributed by atoms with Crippen LogP contribution in [0.15, 0.2) is 0 Å². The molecule has 1 N–H and O–H groups in total. The molecule has 11 heavy (non-hydrogen) atoms. The van der Waals surface area contributed by atoms with E-state index < -0.39 is 18.3 Å². The lowest BCUT2D eigenvalue weighted by atomic mass is 9.90. The van der Waals surface area contributed by atoms with Gasteiger partial charge in [0.15, 0.2) is 0 Å². The predicted molar refractivity (Wildman–Crippen MR) is 33.8 cm³/mol. The standard InChI is InChI=1S/C6H8FNO3/c7-4-1-5(2-4)8(3-9)6(10)11/h3-5H,1-2H2,(H,10,11). The minimum absolute atomic E-state index is 0.144. The number of carbonyl (C=O) groups excluding carboxylic acids is 1. The first-order valence-corrected chi connectivity index (χ1v) is 3.25.